The molecule has 6 heteroatoms. The Kier molecular flexibility index (Phi) is 5.67. The van der Waals surface area contributed by atoms with Gasteiger partial charge in [0.15, 0.2) is 0 Å². The number of nitrogens with one attached hydrogen (secondary N) is 1. The number of carbonyl (C=O) groups is 2. The van der Waals surface area contributed by atoms with E-state index in [1.165, 1.54) is 45.1 Å². The molecule has 4 atom stereocenters. The molecule has 4 saturated heterocycles. The van der Waals surface area contributed by atoms with Crippen molar-refractivity contribution in [2.45, 2.75) is 64.5 Å². The van der Waals surface area contributed by atoms with E-state index in [0.29, 0.717) is 42.6 Å². The van der Waals surface area contributed by atoms with Crippen LogP contribution in [0.15, 0.2) is 18.2 Å². The van der Waals surface area contributed by atoms with Gasteiger partial charge in [-0.3, -0.25) is 14.6 Å². The maximum absolute atomic E-state index is 13.6. The second kappa shape index (κ2) is 8.45. The summed E-state index contributed by atoms with van der Waals surface area (Å²) in [6.07, 6.45) is 7.68. The number of aryl methyl sites for hydroxylation is 1. The number of hydrogen-bond acceptors (Lipinski definition) is 3. The van der Waals surface area contributed by atoms with Gasteiger partial charge in [0.2, 0.25) is 0 Å². The second-order valence-corrected chi connectivity index (χ2v) is 10.0. The molecule has 4 aliphatic rings. The SMILES string of the molecule is CCC[C@H]1[C@H]2C[C@H](CN(C(=O)c3ccc(C)c(N4CCNC4=O)c3)C2)[C@@H]2CCCCN21. The summed E-state index contributed by atoms with van der Waals surface area (Å²) in [5, 5.41) is 2.86. The molecule has 5 rings (SSSR count). The van der Waals surface area contributed by atoms with Crippen LogP contribution in [0.2, 0.25) is 0 Å². The predicted molar refractivity (Wildman–Crippen MR) is 122 cm³/mol. The van der Waals surface area contributed by atoms with Gasteiger partial charge in [0.25, 0.3) is 5.91 Å². The first-order chi connectivity index (χ1) is 15.1. The fourth-order valence-corrected chi connectivity index (χ4v) is 6.69. The van der Waals surface area contributed by atoms with Crippen molar-refractivity contribution in [3.8, 4) is 0 Å². The van der Waals surface area contributed by atoms with Crippen molar-refractivity contribution < 1.29 is 9.59 Å². The van der Waals surface area contributed by atoms with Crippen LogP contribution in [0.3, 0.4) is 0 Å². The van der Waals surface area contributed by atoms with E-state index < -0.39 is 0 Å². The van der Waals surface area contributed by atoms with E-state index in [9.17, 15) is 9.59 Å². The molecule has 4 fully saturated rings. The number of carbonyl (C=O) groups excluding carboxylic acids is 2. The molecule has 1 aromatic carbocycles. The first kappa shape index (κ1) is 20.8. The molecule has 0 radical (unpaired) electrons. The number of hydrogen-bond donors (Lipinski definition) is 1. The van der Waals surface area contributed by atoms with Crippen LogP contribution in [0.5, 0.6) is 0 Å². The standard InChI is InChI=1S/C25H36N4O2/c1-3-6-21-19-13-20(22-7-4-5-11-28(21)22)16-27(15-19)24(30)18-9-8-17(2)23(14-18)29-12-10-26-25(29)31/h8-9,14,19-22H,3-7,10-13,15-16H2,1-2H3,(H,26,31)/t19-,20+,21-,22-/m0/s1. The Hall–Kier alpha value is -2.08. The number of fused-ring (bicyclic) bond motifs is 4. The van der Waals surface area contributed by atoms with E-state index in [2.05, 4.69) is 22.0 Å². The molecule has 6 nitrogen and oxygen atoms in total. The molecule has 0 aromatic heterocycles. The number of anilines is 1. The molecule has 0 saturated carbocycles. The number of likely N-dealkylation sites (tertiary alicyclic amines) is 1. The lowest BCUT2D eigenvalue weighted by Gasteiger charge is -2.57. The number of urea groups is 1. The highest BCUT2D eigenvalue weighted by Crippen LogP contribution is 2.42. The summed E-state index contributed by atoms with van der Waals surface area (Å²) in [5.74, 6) is 1.33. The summed E-state index contributed by atoms with van der Waals surface area (Å²) in [5.41, 5.74) is 2.61. The fourth-order valence-electron chi connectivity index (χ4n) is 6.69. The van der Waals surface area contributed by atoms with E-state index in [1.807, 2.05) is 25.1 Å². The number of benzene rings is 1. The zero-order valence-corrected chi connectivity index (χ0v) is 19.0. The number of nitrogens with zero attached hydrogens (tertiary/aromatic N) is 3. The molecule has 0 spiro atoms. The lowest BCUT2D eigenvalue weighted by atomic mass is 9.71. The second-order valence-electron chi connectivity index (χ2n) is 10.0. The molecule has 168 valence electrons. The predicted octanol–water partition coefficient (Wildman–Crippen LogP) is 3.64. The van der Waals surface area contributed by atoms with Crippen molar-refractivity contribution in [1.29, 1.82) is 0 Å². The van der Waals surface area contributed by atoms with Gasteiger partial charge in [0.1, 0.15) is 0 Å². The monoisotopic (exact) mass is 424 g/mol. The lowest BCUT2D eigenvalue weighted by Crippen LogP contribution is -2.64. The van der Waals surface area contributed by atoms with Crippen LogP contribution in [0, 0.1) is 18.8 Å². The fraction of sp³-hybridized carbons (Fsp3) is 0.680. The average molecular weight is 425 g/mol. The molecule has 4 heterocycles. The number of rotatable bonds is 4. The van der Waals surface area contributed by atoms with Crippen molar-refractivity contribution in [3.63, 3.8) is 0 Å². The van der Waals surface area contributed by atoms with Crippen LogP contribution >= 0.6 is 0 Å². The smallest absolute Gasteiger partial charge is 0.322 e. The normalized spacial score (nSPS) is 30.8. The average Bonchev–Trinajstić information content (AvgIpc) is 3.22. The van der Waals surface area contributed by atoms with Gasteiger partial charge in [-0.15, -0.1) is 0 Å². The summed E-state index contributed by atoms with van der Waals surface area (Å²) >= 11 is 0. The van der Waals surface area contributed by atoms with Gasteiger partial charge in [-0.25, -0.2) is 4.79 Å². The molecule has 2 bridgehead atoms. The van der Waals surface area contributed by atoms with E-state index in [-0.39, 0.29) is 11.9 Å². The zero-order valence-electron chi connectivity index (χ0n) is 19.0. The molecule has 0 aliphatic carbocycles. The topological polar surface area (TPSA) is 55.9 Å². The molecule has 1 aromatic rings. The summed E-state index contributed by atoms with van der Waals surface area (Å²) < 4.78 is 0. The van der Waals surface area contributed by atoms with Crippen LogP contribution in [0.4, 0.5) is 10.5 Å². The van der Waals surface area contributed by atoms with Crippen LogP contribution in [0.25, 0.3) is 0 Å². The van der Waals surface area contributed by atoms with E-state index in [4.69, 9.17) is 0 Å². The Morgan fingerprint density at radius 1 is 1.16 bits per heavy atom. The molecule has 4 aliphatic heterocycles. The van der Waals surface area contributed by atoms with Crippen molar-refractivity contribution in [1.82, 2.24) is 15.1 Å². The van der Waals surface area contributed by atoms with Crippen LogP contribution in [-0.4, -0.2) is 66.5 Å². The molecular formula is C25H36N4O2. The van der Waals surface area contributed by atoms with Crippen molar-refractivity contribution in [3.05, 3.63) is 29.3 Å². The highest BCUT2D eigenvalue weighted by molar-refractivity contribution is 5.99. The minimum absolute atomic E-state index is 0.0694. The summed E-state index contributed by atoms with van der Waals surface area (Å²) in [4.78, 5) is 32.5. The van der Waals surface area contributed by atoms with Gasteiger partial charge in [0.05, 0.1) is 0 Å². The molecule has 31 heavy (non-hydrogen) atoms. The van der Waals surface area contributed by atoms with Crippen LogP contribution in [-0.2, 0) is 0 Å². The van der Waals surface area contributed by atoms with Crippen LogP contribution < -0.4 is 10.2 Å². The largest absolute Gasteiger partial charge is 0.338 e. The maximum atomic E-state index is 13.6. The van der Waals surface area contributed by atoms with Gasteiger partial charge < -0.3 is 10.2 Å². The first-order valence-corrected chi connectivity index (χ1v) is 12.3. The first-order valence-electron chi connectivity index (χ1n) is 12.3. The number of piperidine rings is 3. The molecular weight excluding hydrogens is 388 g/mol. The summed E-state index contributed by atoms with van der Waals surface area (Å²) in [6.45, 7) is 8.60. The molecule has 0 unspecified atom stereocenters. The van der Waals surface area contributed by atoms with Crippen molar-refractivity contribution in [2.75, 3.05) is 37.6 Å². The Labute approximate surface area is 185 Å². The van der Waals surface area contributed by atoms with Crippen molar-refractivity contribution in [2.24, 2.45) is 11.8 Å². The third-order valence-electron chi connectivity index (χ3n) is 8.10. The van der Waals surface area contributed by atoms with Gasteiger partial charge in [0, 0.05) is 49.5 Å². The highest BCUT2D eigenvalue weighted by Gasteiger charge is 2.47. The summed E-state index contributed by atoms with van der Waals surface area (Å²) in [7, 11) is 0. The van der Waals surface area contributed by atoms with Gasteiger partial charge in [-0.1, -0.05) is 25.8 Å². The minimum Gasteiger partial charge on any atom is -0.338 e. The Balaban J connectivity index is 1.38. The molecule has 1 N–H and O–H groups in total. The van der Waals surface area contributed by atoms with Crippen LogP contribution in [0.1, 0.15) is 61.4 Å². The molecule has 3 amide bonds. The maximum Gasteiger partial charge on any atom is 0.322 e. The van der Waals surface area contributed by atoms with Gasteiger partial charge in [-0.2, -0.15) is 0 Å². The zero-order chi connectivity index (χ0) is 21.5. The highest BCUT2D eigenvalue weighted by atomic mass is 16.2. The quantitative estimate of drug-likeness (QED) is 0.803. The van der Waals surface area contributed by atoms with Gasteiger partial charge >= 0.3 is 6.03 Å². The third-order valence-corrected chi connectivity index (χ3v) is 8.10. The minimum atomic E-state index is -0.0694. The Morgan fingerprint density at radius 3 is 2.77 bits per heavy atom. The van der Waals surface area contributed by atoms with E-state index >= 15 is 0 Å². The Bertz CT molecular complexity index is 856. The van der Waals surface area contributed by atoms with Crippen molar-refractivity contribution >= 4 is 17.6 Å². The van der Waals surface area contributed by atoms with E-state index in [1.54, 1.807) is 4.90 Å². The van der Waals surface area contributed by atoms with Gasteiger partial charge in [-0.05, 0) is 68.7 Å². The number of amides is 3. The third kappa shape index (κ3) is 3.73. The Morgan fingerprint density at radius 2 is 2.00 bits per heavy atom. The summed E-state index contributed by atoms with van der Waals surface area (Å²) in [6, 6.07) is 7.07. The lowest BCUT2D eigenvalue weighted by molar-refractivity contribution is -0.0670. The van der Waals surface area contributed by atoms with E-state index in [0.717, 1.165) is 24.3 Å².